The maximum Gasteiger partial charge on any atom is 0.416 e. The van der Waals surface area contributed by atoms with Crippen LogP contribution in [-0.2, 0) is 22.3 Å². The second kappa shape index (κ2) is 11.3. The van der Waals surface area contributed by atoms with E-state index in [2.05, 4.69) is 16.3 Å². The van der Waals surface area contributed by atoms with Crippen LogP contribution in [0.5, 0.6) is 0 Å². The number of hydrogen-bond acceptors (Lipinski definition) is 4. The van der Waals surface area contributed by atoms with Gasteiger partial charge in [-0.2, -0.15) is 13.2 Å². The molecule has 6 nitrogen and oxygen atoms in total. The first kappa shape index (κ1) is 27.9. The molecule has 2 fully saturated rings. The standard InChI is InChI=1S/C27H35ClF3N3O3/c1-18-14-34(16-21-22(27(29,30)31)7-4-8-23(21)28)17-26(18,13-24(35)36)25(37)32-20-9-11-33(12-10-20)15-19-5-2-3-6-19/h4-5,7-8,18,20H,2-3,6,9-17H2,1H3,(H,32,37)(H,35,36)/t18-,26+/m1/s1. The Morgan fingerprint density at radius 3 is 2.54 bits per heavy atom. The van der Waals surface area contributed by atoms with Crippen LogP contribution >= 0.6 is 11.6 Å². The van der Waals surface area contributed by atoms with Crippen molar-refractivity contribution in [1.82, 2.24) is 15.1 Å². The van der Waals surface area contributed by atoms with Gasteiger partial charge in [0.15, 0.2) is 0 Å². The predicted molar refractivity (Wildman–Crippen MR) is 135 cm³/mol. The van der Waals surface area contributed by atoms with Gasteiger partial charge in [0.1, 0.15) is 0 Å². The van der Waals surface area contributed by atoms with Crippen molar-refractivity contribution < 1.29 is 27.9 Å². The summed E-state index contributed by atoms with van der Waals surface area (Å²) in [5.74, 6) is -1.77. The number of piperidine rings is 1. The molecule has 1 aromatic carbocycles. The Hall–Kier alpha value is -2.10. The van der Waals surface area contributed by atoms with Crippen LogP contribution in [0.1, 0.15) is 56.6 Å². The van der Waals surface area contributed by atoms with Gasteiger partial charge in [-0.15, -0.1) is 0 Å². The third kappa shape index (κ3) is 6.49. The molecule has 0 spiro atoms. The second-order valence-corrected chi connectivity index (χ2v) is 11.2. The van der Waals surface area contributed by atoms with Gasteiger partial charge in [-0.25, -0.2) is 0 Å². The van der Waals surface area contributed by atoms with Gasteiger partial charge in [0.25, 0.3) is 0 Å². The molecular formula is C27H35ClF3N3O3. The van der Waals surface area contributed by atoms with Gasteiger partial charge in [-0.05, 0) is 55.7 Å². The lowest BCUT2D eigenvalue weighted by atomic mass is 9.75. The van der Waals surface area contributed by atoms with E-state index in [4.69, 9.17) is 11.6 Å². The highest BCUT2D eigenvalue weighted by molar-refractivity contribution is 6.31. The van der Waals surface area contributed by atoms with Gasteiger partial charge in [0, 0.05) is 50.3 Å². The topological polar surface area (TPSA) is 72.9 Å². The molecule has 2 atom stereocenters. The number of carboxylic acid groups (broad SMARTS) is 1. The first-order valence-electron chi connectivity index (χ1n) is 13.0. The molecule has 4 rings (SSSR count). The summed E-state index contributed by atoms with van der Waals surface area (Å²) in [6.45, 7) is 4.75. The zero-order chi connectivity index (χ0) is 26.8. The molecule has 3 aliphatic rings. The summed E-state index contributed by atoms with van der Waals surface area (Å²) in [4.78, 5) is 29.6. The Balaban J connectivity index is 1.43. The second-order valence-electron chi connectivity index (χ2n) is 10.8. The number of halogens is 4. The van der Waals surface area contributed by atoms with E-state index in [9.17, 15) is 27.9 Å². The highest BCUT2D eigenvalue weighted by Crippen LogP contribution is 2.42. The number of allylic oxidation sites excluding steroid dienone is 1. The SMILES string of the molecule is C[C@@H]1CN(Cc2c(Cl)cccc2C(F)(F)F)C[C@]1(CC(=O)O)C(=O)NC1CCN(CC2=CCCC2)CC1. The molecule has 10 heteroatoms. The van der Waals surface area contributed by atoms with Crippen LogP contribution in [0, 0.1) is 11.3 Å². The molecule has 1 aromatic rings. The van der Waals surface area contributed by atoms with E-state index in [0.29, 0.717) is 6.54 Å². The summed E-state index contributed by atoms with van der Waals surface area (Å²) in [6, 6.07) is 3.62. The number of benzene rings is 1. The number of carbonyl (C=O) groups excluding carboxylic acids is 1. The van der Waals surface area contributed by atoms with Gasteiger partial charge >= 0.3 is 12.1 Å². The fourth-order valence-electron chi connectivity index (χ4n) is 6.12. The Kier molecular flexibility index (Phi) is 8.55. The number of carboxylic acids is 1. The third-order valence-electron chi connectivity index (χ3n) is 8.19. The van der Waals surface area contributed by atoms with Crippen molar-refractivity contribution >= 4 is 23.5 Å². The smallest absolute Gasteiger partial charge is 0.416 e. The van der Waals surface area contributed by atoms with Crippen LogP contribution in [0.4, 0.5) is 13.2 Å². The molecule has 2 heterocycles. The quantitative estimate of drug-likeness (QED) is 0.455. The van der Waals surface area contributed by atoms with Crippen molar-refractivity contribution in [2.24, 2.45) is 11.3 Å². The summed E-state index contributed by atoms with van der Waals surface area (Å²) in [5, 5.41) is 12.8. The first-order valence-corrected chi connectivity index (χ1v) is 13.4. The van der Waals surface area contributed by atoms with Crippen molar-refractivity contribution in [3.8, 4) is 0 Å². The number of hydrogen-bond donors (Lipinski definition) is 2. The van der Waals surface area contributed by atoms with E-state index in [-0.39, 0.29) is 48.0 Å². The Bertz CT molecular complexity index is 1040. The largest absolute Gasteiger partial charge is 0.481 e. The first-order chi connectivity index (χ1) is 17.5. The highest BCUT2D eigenvalue weighted by Gasteiger charge is 2.52. The summed E-state index contributed by atoms with van der Waals surface area (Å²) < 4.78 is 40.8. The molecule has 37 heavy (non-hydrogen) atoms. The summed E-state index contributed by atoms with van der Waals surface area (Å²) in [6.07, 6.45) is 2.47. The van der Waals surface area contributed by atoms with E-state index >= 15 is 0 Å². The van der Waals surface area contributed by atoms with Crippen LogP contribution in [0.3, 0.4) is 0 Å². The predicted octanol–water partition coefficient (Wildman–Crippen LogP) is 4.96. The average molecular weight is 542 g/mol. The van der Waals surface area contributed by atoms with Crippen LogP contribution in [0.15, 0.2) is 29.8 Å². The molecule has 2 aliphatic heterocycles. The minimum absolute atomic E-state index is 0.00258. The number of amides is 1. The lowest BCUT2D eigenvalue weighted by Gasteiger charge is -2.36. The highest BCUT2D eigenvalue weighted by atomic mass is 35.5. The molecule has 2 saturated heterocycles. The van der Waals surface area contributed by atoms with Crippen molar-refractivity contribution in [2.75, 3.05) is 32.7 Å². The van der Waals surface area contributed by atoms with Gasteiger partial charge in [-0.1, -0.05) is 36.2 Å². The Morgan fingerprint density at radius 1 is 1.19 bits per heavy atom. The van der Waals surface area contributed by atoms with Crippen molar-refractivity contribution in [2.45, 2.75) is 64.2 Å². The van der Waals surface area contributed by atoms with E-state index in [1.807, 2.05) is 0 Å². The lowest BCUT2D eigenvalue weighted by Crippen LogP contribution is -2.53. The fraction of sp³-hybridized carbons (Fsp3) is 0.630. The molecule has 2 N–H and O–H groups in total. The van der Waals surface area contributed by atoms with Gasteiger partial charge in [0.05, 0.1) is 17.4 Å². The van der Waals surface area contributed by atoms with Gasteiger partial charge in [-0.3, -0.25) is 19.4 Å². The van der Waals surface area contributed by atoms with Crippen molar-refractivity contribution in [1.29, 1.82) is 0 Å². The number of aliphatic carboxylic acids is 1. The van der Waals surface area contributed by atoms with Gasteiger partial charge < -0.3 is 10.4 Å². The molecule has 1 amide bonds. The third-order valence-corrected chi connectivity index (χ3v) is 8.54. The molecule has 0 aromatic heterocycles. The molecule has 204 valence electrons. The number of likely N-dealkylation sites (tertiary alicyclic amines) is 2. The molecule has 0 saturated carbocycles. The Labute approximate surface area is 220 Å². The zero-order valence-electron chi connectivity index (χ0n) is 21.1. The molecule has 0 bridgehead atoms. The van der Waals surface area contributed by atoms with Gasteiger partial charge in [0.2, 0.25) is 5.91 Å². The molecule has 0 unspecified atom stereocenters. The van der Waals surface area contributed by atoms with E-state index in [0.717, 1.165) is 51.4 Å². The minimum Gasteiger partial charge on any atom is -0.481 e. The molecule has 1 aliphatic carbocycles. The number of nitrogens with one attached hydrogen (secondary N) is 1. The molecular weight excluding hydrogens is 507 g/mol. The maximum absolute atomic E-state index is 13.6. The lowest BCUT2D eigenvalue weighted by molar-refractivity contribution is -0.147. The van der Waals surface area contributed by atoms with E-state index in [1.54, 1.807) is 11.8 Å². The monoisotopic (exact) mass is 541 g/mol. The van der Waals surface area contributed by atoms with E-state index < -0.39 is 23.1 Å². The number of carbonyl (C=O) groups is 2. The Morgan fingerprint density at radius 2 is 1.92 bits per heavy atom. The number of rotatable bonds is 8. The van der Waals surface area contributed by atoms with Crippen LogP contribution in [-0.4, -0.2) is 65.5 Å². The van der Waals surface area contributed by atoms with Crippen LogP contribution in [0.2, 0.25) is 5.02 Å². The normalized spacial score (nSPS) is 25.9. The summed E-state index contributed by atoms with van der Waals surface area (Å²) in [5.41, 5.74) is -0.611. The van der Waals surface area contributed by atoms with Crippen LogP contribution < -0.4 is 5.32 Å². The average Bonchev–Trinajstić information content (AvgIpc) is 3.43. The summed E-state index contributed by atoms with van der Waals surface area (Å²) in [7, 11) is 0. The van der Waals surface area contributed by atoms with E-state index in [1.165, 1.54) is 24.1 Å². The number of nitrogens with zero attached hydrogens (tertiary/aromatic N) is 2. The summed E-state index contributed by atoms with van der Waals surface area (Å²) >= 11 is 6.15. The zero-order valence-corrected chi connectivity index (χ0v) is 21.9. The minimum atomic E-state index is -4.57. The fourth-order valence-corrected chi connectivity index (χ4v) is 6.35. The van der Waals surface area contributed by atoms with Crippen LogP contribution in [0.25, 0.3) is 0 Å². The number of alkyl halides is 3. The molecule has 0 radical (unpaired) electrons. The van der Waals surface area contributed by atoms with Crippen molar-refractivity contribution in [3.05, 3.63) is 46.0 Å². The maximum atomic E-state index is 13.6. The van der Waals surface area contributed by atoms with Crippen molar-refractivity contribution in [3.63, 3.8) is 0 Å².